The van der Waals surface area contributed by atoms with Gasteiger partial charge < -0.3 is 5.11 Å². The Morgan fingerprint density at radius 3 is 2.95 bits per heavy atom. The predicted molar refractivity (Wildman–Crippen MR) is 75.3 cm³/mol. The van der Waals surface area contributed by atoms with Gasteiger partial charge in [0.15, 0.2) is 11.0 Å². The van der Waals surface area contributed by atoms with E-state index in [0.29, 0.717) is 12.5 Å². The molecule has 0 fully saturated rings. The fourth-order valence-corrected chi connectivity index (χ4v) is 3.09. The number of carbonyl (C=O) groups is 1. The van der Waals surface area contributed by atoms with Crippen LogP contribution in [0.25, 0.3) is 11.4 Å². The van der Waals surface area contributed by atoms with Gasteiger partial charge in [0.25, 0.3) is 0 Å². The van der Waals surface area contributed by atoms with E-state index in [4.69, 9.17) is 5.11 Å². The van der Waals surface area contributed by atoms with Gasteiger partial charge in [-0.05, 0) is 12.5 Å². The number of aromatic nitrogens is 3. The van der Waals surface area contributed by atoms with Crippen molar-refractivity contribution in [3.05, 3.63) is 29.8 Å². The molecule has 104 valence electrons. The van der Waals surface area contributed by atoms with E-state index in [2.05, 4.69) is 10.2 Å². The van der Waals surface area contributed by atoms with Crippen LogP contribution in [0.15, 0.2) is 29.4 Å². The van der Waals surface area contributed by atoms with Crippen molar-refractivity contribution < 1.29 is 9.90 Å². The highest BCUT2D eigenvalue weighted by Crippen LogP contribution is 2.29. The molecule has 0 amide bonds. The topological polar surface area (TPSA) is 71.2 Å². The van der Waals surface area contributed by atoms with Crippen molar-refractivity contribution in [1.82, 2.24) is 19.7 Å². The molecule has 0 saturated carbocycles. The van der Waals surface area contributed by atoms with Crippen LogP contribution in [0, 0.1) is 6.92 Å². The second-order valence-electron chi connectivity index (χ2n) is 4.69. The molecule has 0 bridgehead atoms. The molecule has 0 atom stereocenters. The Hall–Kier alpha value is -1.86. The van der Waals surface area contributed by atoms with Crippen molar-refractivity contribution in [2.45, 2.75) is 18.7 Å². The lowest BCUT2D eigenvalue weighted by molar-refractivity contribution is -0.138. The first-order valence-corrected chi connectivity index (χ1v) is 7.20. The molecule has 1 aromatic heterocycles. The van der Waals surface area contributed by atoms with Crippen LogP contribution in [-0.4, -0.2) is 43.2 Å². The third-order valence-corrected chi connectivity index (χ3v) is 4.23. The van der Waals surface area contributed by atoms with Gasteiger partial charge in [0.1, 0.15) is 0 Å². The van der Waals surface area contributed by atoms with Gasteiger partial charge in [-0.25, -0.2) is 0 Å². The molecule has 3 rings (SSSR count). The summed E-state index contributed by atoms with van der Waals surface area (Å²) in [5.74, 6) is 0.596. The van der Waals surface area contributed by atoms with Gasteiger partial charge in [-0.1, -0.05) is 36.0 Å². The average Bonchev–Trinajstić information content (AvgIpc) is 2.81. The number of aliphatic carboxylic acids is 1. The quantitative estimate of drug-likeness (QED) is 0.927. The number of nitrogens with zero attached hydrogens (tertiary/aromatic N) is 4. The molecule has 2 heterocycles. The molecule has 1 N–H and O–H groups in total. The smallest absolute Gasteiger partial charge is 0.317 e. The first kappa shape index (κ1) is 13.1. The van der Waals surface area contributed by atoms with E-state index in [0.717, 1.165) is 22.1 Å². The minimum Gasteiger partial charge on any atom is -0.480 e. The molecule has 1 aromatic carbocycles. The Morgan fingerprint density at radius 1 is 1.40 bits per heavy atom. The number of fused-ring (bicyclic) bond motifs is 1. The molecular formula is C13H14N4O2S. The zero-order chi connectivity index (χ0) is 14.1. The van der Waals surface area contributed by atoms with E-state index in [1.807, 2.05) is 40.7 Å². The van der Waals surface area contributed by atoms with E-state index < -0.39 is 5.97 Å². The second kappa shape index (κ2) is 5.26. The van der Waals surface area contributed by atoms with Crippen LogP contribution in [-0.2, 0) is 11.5 Å². The molecule has 6 nitrogen and oxygen atoms in total. The minimum atomic E-state index is -0.820. The fraction of sp³-hybridized carbons (Fsp3) is 0.308. The van der Waals surface area contributed by atoms with E-state index in [-0.39, 0.29) is 6.54 Å². The number of hydrogen-bond acceptors (Lipinski definition) is 5. The van der Waals surface area contributed by atoms with Crippen molar-refractivity contribution in [3.8, 4) is 11.4 Å². The van der Waals surface area contributed by atoms with Gasteiger partial charge in [-0.2, -0.15) is 0 Å². The molecule has 1 aliphatic heterocycles. The molecule has 0 saturated heterocycles. The summed E-state index contributed by atoms with van der Waals surface area (Å²) in [5, 5.41) is 18.2. The van der Waals surface area contributed by atoms with Crippen LogP contribution in [0.5, 0.6) is 0 Å². The number of carboxylic acids is 1. The van der Waals surface area contributed by atoms with Gasteiger partial charge >= 0.3 is 5.97 Å². The first-order chi connectivity index (χ1) is 9.65. The normalized spacial score (nSPS) is 15.1. The largest absolute Gasteiger partial charge is 0.480 e. The monoisotopic (exact) mass is 290 g/mol. The SMILES string of the molecule is Cc1ccccc1-c1nnc2n1CN(CC(=O)O)CS2. The molecule has 0 spiro atoms. The van der Waals surface area contributed by atoms with E-state index in [9.17, 15) is 4.79 Å². The second-order valence-corrected chi connectivity index (χ2v) is 5.60. The maximum atomic E-state index is 10.8. The standard InChI is InChI=1S/C13H14N4O2S/c1-9-4-2-3-5-10(9)12-14-15-13-17(12)7-16(8-20-13)6-11(18)19/h2-5H,6-8H2,1H3,(H,18,19). The Kier molecular flexibility index (Phi) is 3.45. The molecule has 2 aromatic rings. The maximum absolute atomic E-state index is 10.8. The Bertz CT molecular complexity index is 656. The van der Waals surface area contributed by atoms with E-state index in [1.54, 1.807) is 0 Å². The van der Waals surface area contributed by atoms with Crippen LogP contribution in [0.2, 0.25) is 0 Å². The molecule has 20 heavy (non-hydrogen) atoms. The maximum Gasteiger partial charge on any atom is 0.317 e. The molecular weight excluding hydrogens is 276 g/mol. The number of benzene rings is 1. The van der Waals surface area contributed by atoms with Gasteiger partial charge in [0.2, 0.25) is 0 Å². The predicted octanol–water partition coefficient (Wildman–Crippen LogP) is 1.66. The van der Waals surface area contributed by atoms with Gasteiger partial charge in [-0.15, -0.1) is 10.2 Å². The Balaban J connectivity index is 1.95. The lowest BCUT2D eigenvalue weighted by Crippen LogP contribution is -2.34. The lowest BCUT2D eigenvalue weighted by atomic mass is 10.1. The van der Waals surface area contributed by atoms with E-state index >= 15 is 0 Å². The number of carboxylic acid groups (broad SMARTS) is 1. The summed E-state index contributed by atoms with van der Waals surface area (Å²) < 4.78 is 1.97. The molecule has 0 radical (unpaired) electrons. The van der Waals surface area contributed by atoms with Crippen LogP contribution >= 0.6 is 11.8 Å². The van der Waals surface area contributed by atoms with E-state index in [1.165, 1.54) is 11.8 Å². The highest BCUT2D eigenvalue weighted by atomic mass is 32.2. The molecule has 1 aliphatic rings. The number of rotatable bonds is 3. The summed E-state index contributed by atoms with van der Waals surface area (Å²) in [6.45, 7) is 2.56. The zero-order valence-corrected chi connectivity index (χ0v) is 11.8. The summed E-state index contributed by atoms with van der Waals surface area (Å²) >= 11 is 1.51. The van der Waals surface area contributed by atoms with Crippen molar-refractivity contribution >= 4 is 17.7 Å². The molecule has 0 unspecified atom stereocenters. The van der Waals surface area contributed by atoms with Crippen molar-refractivity contribution in [2.75, 3.05) is 12.4 Å². The summed E-state index contributed by atoms with van der Waals surface area (Å²) in [6.07, 6.45) is 0. The summed E-state index contributed by atoms with van der Waals surface area (Å²) in [6, 6.07) is 7.99. The first-order valence-electron chi connectivity index (χ1n) is 6.21. The zero-order valence-electron chi connectivity index (χ0n) is 11.0. The van der Waals surface area contributed by atoms with Gasteiger partial charge in [0.05, 0.1) is 19.1 Å². The summed E-state index contributed by atoms with van der Waals surface area (Å²) in [4.78, 5) is 12.7. The molecule has 0 aliphatic carbocycles. The fourth-order valence-electron chi connectivity index (χ4n) is 2.22. The van der Waals surface area contributed by atoms with Crippen LogP contribution in [0.3, 0.4) is 0 Å². The van der Waals surface area contributed by atoms with Crippen LogP contribution in [0.4, 0.5) is 0 Å². The van der Waals surface area contributed by atoms with Crippen molar-refractivity contribution in [2.24, 2.45) is 0 Å². The number of hydrogen-bond donors (Lipinski definition) is 1. The Labute approximate surface area is 120 Å². The van der Waals surface area contributed by atoms with Gasteiger partial charge in [0, 0.05) is 5.56 Å². The number of aryl methyl sites for hydroxylation is 1. The van der Waals surface area contributed by atoms with Gasteiger partial charge in [-0.3, -0.25) is 14.3 Å². The molecule has 7 heteroatoms. The summed E-state index contributed by atoms with van der Waals surface area (Å²) in [5.41, 5.74) is 2.16. The highest BCUT2D eigenvalue weighted by molar-refractivity contribution is 7.99. The van der Waals surface area contributed by atoms with Crippen molar-refractivity contribution in [1.29, 1.82) is 0 Å². The van der Waals surface area contributed by atoms with Crippen LogP contribution < -0.4 is 0 Å². The third-order valence-electron chi connectivity index (χ3n) is 3.18. The highest BCUT2D eigenvalue weighted by Gasteiger charge is 2.23. The van der Waals surface area contributed by atoms with Crippen molar-refractivity contribution in [3.63, 3.8) is 0 Å². The Morgan fingerprint density at radius 2 is 2.20 bits per heavy atom. The number of thioether (sulfide) groups is 1. The van der Waals surface area contributed by atoms with Crippen LogP contribution in [0.1, 0.15) is 5.56 Å². The minimum absolute atomic E-state index is 0.0256. The average molecular weight is 290 g/mol. The third kappa shape index (κ3) is 2.41. The summed E-state index contributed by atoms with van der Waals surface area (Å²) in [7, 11) is 0. The lowest BCUT2D eigenvalue weighted by Gasteiger charge is -2.26.